The normalized spacial score (nSPS) is 17.7. The average molecular weight is 338 g/mol. The molecule has 0 radical (unpaired) electrons. The number of halogens is 2. The minimum absolute atomic E-state index is 0.523. The molecule has 2 rings (SSSR count). The van der Waals surface area contributed by atoms with E-state index in [-0.39, 0.29) is 0 Å². The number of nitrogens with one attached hydrogen (secondary N) is 1. The van der Waals surface area contributed by atoms with Gasteiger partial charge in [-0.2, -0.15) is 0 Å². The van der Waals surface area contributed by atoms with E-state index in [0.29, 0.717) is 6.04 Å². The molecule has 1 aromatic carbocycles. The highest BCUT2D eigenvalue weighted by atomic mass is 127. The maximum atomic E-state index is 6.06. The number of ether oxygens (including phenoxy) is 1. The van der Waals surface area contributed by atoms with Gasteiger partial charge in [-0.25, -0.2) is 0 Å². The number of benzene rings is 1. The Morgan fingerprint density at radius 3 is 2.73 bits per heavy atom. The van der Waals surface area contributed by atoms with E-state index >= 15 is 0 Å². The van der Waals surface area contributed by atoms with Crippen molar-refractivity contribution in [2.24, 2.45) is 0 Å². The molecule has 82 valence electrons. The maximum Gasteiger partial charge on any atom is 0.0559 e. The molecule has 1 N–H and O–H groups in total. The van der Waals surface area contributed by atoms with E-state index in [9.17, 15) is 0 Å². The number of anilines is 1. The lowest BCUT2D eigenvalue weighted by atomic mass is 10.1. The van der Waals surface area contributed by atoms with Gasteiger partial charge in [0.05, 0.1) is 5.02 Å². The summed E-state index contributed by atoms with van der Waals surface area (Å²) in [5.41, 5.74) is 1.10. The second kappa shape index (κ2) is 5.37. The Morgan fingerprint density at radius 2 is 2.07 bits per heavy atom. The standard InChI is InChI=1S/C11H13ClINO/c12-10-7-9(1-2-11(10)13)14-8-3-5-15-6-4-8/h1-2,7-8,14H,3-6H2. The van der Waals surface area contributed by atoms with E-state index in [0.717, 1.165) is 40.3 Å². The highest BCUT2D eigenvalue weighted by molar-refractivity contribution is 14.1. The molecule has 2 nitrogen and oxygen atoms in total. The molecule has 0 bridgehead atoms. The third kappa shape index (κ3) is 3.23. The molecule has 0 unspecified atom stereocenters. The van der Waals surface area contributed by atoms with Crippen molar-refractivity contribution < 1.29 is 4.74 Å². The van der Waals surface area contributed by atoms with Crippen LogP contribution in [0.5, 0.6) is 0 Å². The summed E-state index contributed by atoms with van der Waals surface area (Å²) in [6.45, 7) is 1.71. The molecule has 1 aliphatic heterocycles. The van der Waals surface area contributed by atoms with Crippen LogP contribution in [0.2, 0.25) is 5.02 Å². The molecule has 4 heteroatoms. The molecule has 1 aliphatic rings. The molecule has 1 aromatic rings. The van der Waals surface area contributed by atoms with Crippen molar-refractivity contribution in [1.82, 2.24) is 0 Å². The zero-order chi connectivity index (χ0) is 10.7. The van der Waals surface area contributed by atoms with Gasteiger partial charge in [0.25, 0.3) is 0 Å². The Hall–Kier alpha value is -0.000000000000000111. The topological polar surface area (TPSA) is 21.3 Å². The third-order valence-corrected chi connectivity index (χ3v) is 4.08. The Bertz CT molecular complexity index is 339. The van der Waals surface area contributed by atoms with Gasteiger partial charge in [-0.1, -0.05) is 11.6 Å². The smallest absolute Gasteiger partial charge is 0.0559 e. The van der Waals surface area contributed by atoms with Crippen molar-refractivity contribution in [2.75, 3.05) is 18.5 Å². The van der Waals surface area contributed by atoms with Gasteiger partial charge in [0, 0.05) is 28.5 Å². The van der Waals surface area contributed by atoms with Gasteiger partial charge in [-0.3, -0.25) is 0 Å². The van der Waals surface area contributed by atoms with Gasteiger partial charge in [0.1, 0.15) is 0 Å². The van der Waals surface area contributed by atoms with Crippen LogP contribution >= 0.6 is 34.2 Å². The summed E-state index contributed by atoms with van der Waals surface area (Å²) in [7, 11) is 0. The Balaban J connectivity index is 2.00. The molecule has 0 atom stereocenters. The average Bonchev–Trinajstić information content (AvgIpc) is 2.25. The monoisotopic (exact) mass is 337 g/mol. The second-order valence-corrected chi connectivity index (χ2v) is 5.23. The van der Waals surface area contributed by atoms with E-state index in [4.69, 9.17) is 16.3 Å². The molecule has 0 amide bonds. The van der Waals surface area contributed by atoms with Gasteiger partial charge < -0.3 is 10.1 Å². The molecule has 0 aliphatic carbocycles. The summed E-state index contributed by atoms with van der Waals surface area (Å²) < 4.78 is 6.40. The Morgan fingerprint density at radius 1 is 1.33 bits per heavy atom. The largest absolute Gasteiger partial charge is 0.382 e. The summed E-state index contributed by atoms with van der Waals surface area (Å²) >= 11 is 8.29. The van der Waals surface area contributed by atoms with Gasteiger partial charge in [-0.15, -0.1) is 0 Å². The van der Waals surface area contributed by atoms with Crippen LogP contribution in [0.25, 0.3) is 0 Å². The molecule has 0 spiro atoms. The predicted molar refractivity (Wildman–Crippen MR) is 71.6 cm³/mol. The van der Waals surface area contributed by atoms with Crippen LogP contribution in [0.3, 0.4) is 0 Å². The van der Waals surface area contributed by atoms with Gasteiger partial charge in [-0.05, 0) is 53.6 Å². The Labute approximate surface area is 108 Å². The first-order valence-electron chi connectivity index (χ1n) is 5.05. The van der Waals surface area contributed by atoms with Gasteiger partial charge in [0.2, 0.25) is 0 Å². The summed E-state index contributed by atoms with van der Waals surface area (Å²) in [4.78, 5) is 0. The molecule has 15 heavy (non-hydrogen) atoms. The van der Waals surface area contributed by atoms with Crippen LogP contribution in [-0.4, -0.2) is 19.3 Å². The summed E-state index contributed by atoms with van der Waals surface area (Å²) in [6, 6.07) is 6.61. The van der Waals surface area contributed by atoms with Crippen LogP contribution in [0, 0.1) is 3.57 Å². The molecule has 1 heterocycles. The molecule has 1 fully saturated rings. The van der Waals surface area contributed by atoms with Crippen molar-refractivity contribution in [3.8, 4) is 0 Å². The number of hydrogen-bond donors (Lipinski definition) is 1. The first-order valence-corrected chi connectivity index (χ1v) is 6.51. The van der Waals surface area contributed by atoms with E-state index in [1.165, 1.54) is 0 Å². The fourth-order valence-corrected chi connectivity index (χ4v) is 2.18. The van der Waals surface area contributed by atoms with Crippen LogP contribution < -0.4 is 5.32 Å². The quantitative estimate of drug-likeness (QED) is 0.834. The van der Waals surface area contributed by atoms with Crippen LogP contribution in [0.4, 0.5) is 5.69 Å². The van der Waals surface area contributed by atoms with E-state index in [1.807, 2.05) is 12.1 Å². The first kappa shape index (κ1) is 11.5. The molecule has 1 saturated heterocycles. The Kier molecular flexibility index (Phi) is 4.11. The fourth-order valence-electron chi connectivity index (χ4n) is 1.66. The van der Waals surface area contributed by atoms with Crippen molar-refractivity contribution in [3.05, 3.63) is 26.8 Å². The maximum absolute atomic E-state index is 6.06. The predicted octanol–water partition coefficient (Wildman–Crippen LogP) is 3.54. The van der Waals surface area contributed by atoms with Crippen LogP contribution in [0.1, 0.15) is 12.8 Å². The summed E-state index contributed by atoms with van der Waals surface area (Å²) in [5.74, 6) is 0. The fraction of sp³-hybridized carbons (Fsp3) is 0.455. The first-order chi connectivity index (χ1) is 7.25. The zero-order valence-electron chi connectivity index (χ0n) is 8.30. The molecular formula is C11H13ClINO. The van der Waals surface area contributed by atoms with Crippen molar-refractivity contribution in [2.45, 2.75) is 18.9 Å². The van der Waals surface area contributed by atoms with E-state index < -0.39 is 0 Å². The lowest BCUT2D eigenvalue weighted by Gasteiger charge is -2.24. The molecule has 0 aromatic heterocycles. The highest BCUT2D eigenvalue weighted by Crippen LogP contribution is 2.23. The minimum Gasteiger partial charge on any atom is -0.382 e. The second-order valence-electron chi connectivity index (χ2n) is 3.66. The number of rotatable bonds is 2. The minimum atomic E-state index is 0.523. The third-order valence-electron chi connectivity index (χ3n) is 2.51. The lowest BCUT2D eigenvalue weighted by Crippen LogP contribution is -2.27. The van der Waals surface area contributed by atoms with Gasteiger partial charge >= 0.3 is 0 Å². The van der Waals surface area contributed by atoms with Crippen molar-refractivity contribution in [3.63, 3.8) is 0 Å². The summed E-state index contributed by atoms with van der Waals surface area (Å²) in [5, 5.41) is 4.29. The van der Waals surface area contributed by atoms with Crippen LogP contribution in [0.15, 0.2) is 18.2 Å². The van der Waals surface area contributed by atoms with Crippen molar-refractivity contribution in [1.29, 1.82) is 0 Å². The van der Waals surface area contributed by atoms with E-state index in [2.05, 4.69) is 34.0 Å². The SMILES string of the molecule is Clc1cc(NC2CCOCC2)ccc1I. The molecular weight excluding hydrogens is 324 g/mol. The number of hydrogen-bond acceptors (Lipinski definition) is 2. The highest BCUT2D eigenvalue weighted by Gasteiger charge is 2.13. The van der Waals surface area contributed by atoms with Crippen molar-refractivity contribution >= 4 is 39.9 Å². The summed E-state index contributed by atoms with van der Waals surface area (Å²) in [6.07, 6.45) is 2.15. The van der Waals surface area contributed by atoms with Crippen LogP contribution in [-0.2, 0) is 4.74 Å². The van der Waals surface area contributed by atoms with Gasteiger partial charge in [0.15, 0.2) is 0 Å². The lowest BCUT2D eigenvalue weighted by molar-refractivity contribution is 0.0904. The molecule has 0 saturated carbocycles. The zero-order valence-corrected chi connectivity index (χ0v) is 11.2. The van der Waals surface area contributed by atoms with E-state index in [1.54, 1.807) is 0 Å².